The first-order valence-corrected chi connectivity index (χ1v) is 13.6. The molecule has 0 fully saturated rings. The number of aliphatic imine (C=N–C) groups is 1. The van der Waals surface area contributed by atoms with Crippen molar-refractivity contribution in [1.29, 1.82) is 0 Å². The van der Waals surface area contributed by atoms with Crippen LogP contribution in [0.4, 0.5) is 5.69 Å². The summed E-state index contributed by atoms with van der Waals surface area (Å²) in [5.74, 6) is -0.634. The Morgan fingerprint density at radius 2 is 1.83 bits per heavy atom. The molecule has 2 aromatic carbocycles. The van der Waals surface area contributed by atoms with Gasteiger partial charge in [-0.25, -0.2) is 4.99 Å². The zero-order chi connectivity index (χ0) is 30.8. The van der Waals surface area contributed by atoms with Crippen LogP contribution in [0.5, 0.6) is 5.75 Å². The maximum Gasteiger partial charge on any atom is 0.306 e. The second-order valence-corrected chi connectivity index (χ2v) is 10.7. The monoisotopic (exact) mass is 583 g/mol. The molecule has 1 amide bonds. The highest BCUT2D eigenvalue weighted by Gasteiger charge is 2.54. The molecule has 0 saturated carbocycles. The molecule has 1 aliphatic heterocycles. The summed E-state index contributed by atoms with van der Waals surface area (Å²) in [6.45, 7) is 4.43. The van der Waals surface area contributed by atoms with Crippen LogP contribution in [0, 0.1) is 0 Å². The van der Waals surface area contributed by atoms with Gasteiger partial charge in [0.2, 0.25) is 5.90 Å². The van der Waals surface area contributed by atoms with Gasteiger partial charge in [-0.05, 0) is 57.0 Å². The van der Waals surface area contributed by atoms with Crippen molar-refractivity contribution in [1.82, 2.24) is 5.32 Å². The molecule has 0 radical (unpaired) electrons. The van der Waals surface area contributed by atoms with Gasteiger partial charge in [0, 0.05) is 41.2 Å². The van der Waals surface area contributed by atoms with E-state index in [9.17, 15) is 25.3 Å². The molecule has 2 aromatic rings. The van der Waals surface area contributed by atoms with Crippen LogP contribution in [-0.4, -0.2) is 76.7 Å². The van der Waals surface area contributed by atoms with Gasteiger partial charge >= 0.3 is 5.97 Å². The number of nitrogens with one attached hydrogen (secondary N) is 1. The van der Waals surface area contributed by atoms with E-state index < -0.39 is 48.4 Å². The van der Waals surface area contributed by atoms with Crippen molar-refractivity contribution in [2.24, 2.45) is 10.1 Å². The van der Waals surface area contributed by atoms with Crippen molar-refractivity contribution in [3.63, 3.8) is 0 Å². The fraction of sp³-hybridized carbons (Fsp3) is 0.483. The SMILES string of the molecule is CC(C)(C)OC(=O)CC[C@@]1(C(=O)NC(CO)CO)N=C(c2ccc(OCCCO)cc2)O[C@@H]1c1ccccc1N=[N+]=[N-]. The van der Waals surface area contributed by atoms with Crippen LogP contribution in [-0.2, 0) is 19.1 Å². The summed E-state index contributed by atoms with van der Waals surface area (Å²) in [6, 6.07) is 12.3. The molecule has 4 N–H and O–H groups in total. The third-order valence-electron chi connectivity index (χ3n) is 6.31. The molecule has 0 unspecified atom stereocenters. The smallest absolute Gasteiger partial charge is 0.306 e. The number of carbonyl (C=O) groups is 2. The summed E-state index contributed by atoms with van der Waals surface area (Å²) in [5.41, 5.74) is 7.70. The van der Waals surface area contributed by atoms with Crippen molar-refractivity contribution in [3.8, 4) is 5.75 Å². The van der Waals surface area contributed by atoms with Crippen LogP contribution >= 0.6 is 0 Å². The van der Waals surface area contributed by atoms with Gasteiger partial charge in [-0.2, -0.15) is 0 Å². The van der Waals surface area contributed by atoms with Gasteiger partial charge in [0.25, 0.3) is 5.91 Å². The number of benzene rings is 2. The molecule has 0 bridgehead atoms. The summed E-state index contributed by atoms with van der Waals surface area (Å²) < 4.78 is 17.4. The van der Waals surface area contributed by atoms with E-state index in [0.717, 1.165) is 0 Å². The molecule has 13 heteroatoms. The van der Waals surface area contributed by atoms with E-state index in [1.807, 2.05) is 0 Å². The number of hydrogen-bond acceptors (Lipinski definition) is 10. The lowest BCUT2D eigenvalue weighted by Gasteiger charge is -2.32. The normalized spacial score (nSPS) is 18.1. The lowest BCUT2D eigenvalue weighted by Crippen LogP contribution is -2.53. The number of hydrogen-bond donors (Lipinski definition) is 4. The summed E-state index contributed by atoms with van der Waals surface area (Å²) in [7, 11) is 0. The number of nitrogens with zero attached hydrogens (tertiary/aromatic N) is 4. The fourth-order valence-electron chi connectivity index (χ4n) is 4.34. The van der Waals surface area contributed by atoms with Gasteiger partial charge in [-0.1, -0.05) is 29.4 Å². The molecule has 1 aliphatic rings. The molecule has 226 valence electrons. The van der Waals surface area contributed by atoms with E-state index in [-0.39, 0.29) is 31.0 Å². The molecule has 0 aliphatic carbocycles. The van der Waals surface area contributed by atoms with E-state index in [2.05, 4.69) is 15.3 Å². The minimum absolute atomic E-state index is 0.00228. The van der Waals surface area contributed by atoms with Gasteiger partial charge in [0.15, 0.2) is 11.6 Å². The Labute approximate surface area is 243 Å². The topological polar surface area (TPSA) is 196 Å². The third kappa shape index (κ3) is 8.20. The van der Waals surface area contributed by atoms with Crippen LogP contribution in [0.1, 0.15) is 57.3 Å². The third-order valence-corrected chi connectivity index (χ3v) is 6.31. The number of aliphatic hydroxyl groups excluding tert-OH is 3. The molecule has 0 saturated heterocycles. The van der Waals surface area contributed by atoms with Crippen LogP contribution in [0.3, 0.4) is 0 Å². The lowest BCUT2D eigenvalue weighted by atomic mass is 9.82. The molecule has 3 rings (SSSR count). The first-order chi connectivity index (χ1) is 20.1. The molecule has 42 heavy (non-hydrogen) atoms. The second kappa shape index (κ2) is 14.6. The van der Waals surface area contributed by atoms with Crippen molar-refractivity contribution in [3.05, 3.63) is 70.1 Å². The van der Waals surface area contributed by atoms with E-state index >= 15 is 0 Å². The van der Waals surface area contributed by atoms with Gasteiger partial charge in [-0.15, -0.1) is 0 Å². The van der Waals surface area contributed by atoms with Crippen LogP contribution in [0.2, 0.25) is 0 Å². The van der Waals surface area contributed by atoms with Gasteiger partial charge in [-0.3, -0.25) is 9.59 Å². The maximum atomic E-state index is 14.0. The summed E-state index contributed by atoms with van der Waals surface area (Å²) in [4.78, 5) is 34.5. The number of esters is 1. The van der Waals surface area contributed by atoms with Crippen LogP contribution < -0.4 is 10.1 Å². The summed E-state index contributed by atoms with van der Waals surface area (Å²) in [5, 5.41) is 34.7. The van der Waals surface area contributed by atoms with Crippen molar-refractivity contribution >= 4 is 23.5 Å². The van der Waals surface area contributed by atoms with Gasteiger partial charge in [0.05, 0.1) is 25.9 Å². The lowest BCUT2D eigenvalue weighted by molar-refractivity contribution is -0.155. The highest BCUT2D eigenvalue weighted by atomic mass is 16.6. The first-order valence-electron chi connectivity index (χ1n) is 13.6. The zero-order valence-corrected chi connectivity index (χ0v) is 23.9. The van der Waals surface area contributed by atoms with Gasteiger partial charge < -0.3 is 34.8 Å². The number of amides is 1. The Hall–Kier alpha value is -4.16. The Bertz CT molecular complexity index is 1300. The highest BCUT2D eigenvalue weighted by molar-refractivity contribution is 6.01. The fourth-order valence-corrected chi connectivity index (χ4v) is 4.34. The summed E-state index contributed by atoms with van der Waals surface area (Å²) in [6.07, 6.45) is -1.07. The van der Waals surface area contributed by atoms with Gasteiger partial charge in [0.1, 0.15) is 11.4 Å². The Morgan fingerprint density at radius 1 is 1.14 bits per heavy atom. The van der Waals surface area contributed by atoms with E-state index in [1.165, 1.54) is 0 Å². The molecule has 13 nitrogen and oxygen atoms in total. The second-order valence-electron chi connectivity index (χ2n) is 10.7. The number of ether oxygens (including phenoxy) is 3. The quantitative estimate of drug-likeness (QED) is 0.0855. The van der Waals surface area contributed by atoms with Crippen LogP contribution in [0.25, 0.3) is 10.4 Å². The number of carbonyl (C=O) groups excluding carboxylic acids is 2. The standard InChI is InChI=1S/C29H37N5O8/c1-28(2,3)42-24(38)13-14-29(27(39)31-20(17-36)18-37)25(22-7-4-5-8-23(22)33-34-30)41-26(32-29)19-9-11-21(12-10-19)40-16-6-15-35/h4-5,7-12,20,25,35-37H,6,13-18H2,1-3H3,(H,31,39)/t25-,29-/m1/s1. The van der Waals surface area contributed by atoms with E-state index in [1.54, 1.807) is 69.3 Å². The van der Waals surface area contributed by atoms with E-state index in [0.29, 0.717) is 29.9 Å². The molecule has 0 aromatic heterocycles. The minimum Gasteiger partial charge on any atom is -0.494 e. The molecule has 2 atom stereocenters. The Balaban J connectivity index is 2.12. The molecular formula is C29H37N5O8. The van der Waals surface area contributed by atoms with Crippen molar-refractivity contribution in [2.45, 2.75) is 63.3 Å². The number of rotatable bonds is 14. The molecule has 1 heterocycles. The summed E-state index contributed by atoms with van der Waals surface area (Å²) >= 11 is 0. The minimum atomic E-state index is -1.79. The largest absolute Gasteiger partial charge is 0.494 e. The van der Waals surface area contributed by atoms with Crippen molar-refractivity contribution < 1.29 is 39.1 Å². The molecule has 0 spiro atoms. The van der Waals surface area contributed by atoms with Crippen LogP contribution in [0.15, 0.2) is 58.6 Å². The first kappa shape index (κ1) is 32.4. The Kier molecular flexibility index (Phi) is 11.3. The average Bonchev–Trinajstić information content (AvgIpc) is 3.35. The average molecular weight is 584 g/mol. The number of azide groups is 1. The number of aliphatic hydroxyl groups is 3. The predicted molar refractivity (Wildman–Crippen MR) is 153 cm³/mol. The predicted octanol–water partition coefficient (Wildman–Crippen LogP) is 3.24. The van der Waals surface area contributed by atoms with E-state index in [4.69, 9.17) is 24.3 Å². The highest BCUT2D eigenvalue weighted by Crippen LogP contribution is 2.46. The maximum absolute atomic E-state index is 14.0. The molecular weight excluding hydrogens is 546 g/mol. The Morgan fingerprint density at radius 3 is 2.45 bits per heavy atom. The zero-order valence-electron chi connectivity index (χ0n) is 23.9. The van der Waals surface area contributed by atoms with Crippen molar-refractivity contribution in [2.75, 3.05) is 26.4 Å².